The number of benzene rings is 1. The van der Waals surface area contributed by atoms with Gasteiger partial charge >= 0.3 is 0 Å². The second-order valence-electron chi connectivity index (χ2n) is 4.47. The molecule has 3 aromatic rings. The second-order valence-corrected chi connectivity index (χ2v) is 5.58. The fourth-order valence-electron chi connectivity index (χ4n) is 2.08. The molecular formula is C15H11N3OS. The van der Waals surface area contributed by atoms with Gasteiger partial charge in [-0.15, -0.1) is 11.3 Å². The van der Waals surface area contributed by atoms with Gasteiger partial charge in [-0.05, 0) is 31.2 Å². The Morgan fingerprint density at radius 3 is 2.85 bits per heavy atom. The Labute approximate surface area is 119 Å². The first-order chi connectivity index (χ1) is 9.69. The first-order valence-electron chi connectivity index (χ1n) is 6.14. The van der Waals surface area contributed by atoms with E-state index in [0.717, 1.165) is 20.9 Å². The lowest BCUT2D eigenvalue weighted by atomic mass is 10.2. The number of hydrogen-bond donors (Lipinski definition) is 0. The topological polar surface area (TPSA) is 58.7 Å². The summed E-state index contributed by atoms with van der Waals surface area (Å²) >= 11 is 1.57. The first-order valence-corrected chi connectivity index (χ1v) is 6.95. The molecule has 0 spiro atoms. The van der Waals surface area contributed by atoms with Gasteiger partial charge in [-0.1, -0.05) is 12.1 Å². The Hall–Kier alpha value is -2.45. The molecule has 0 aliphatic rings. The number of aryl methyl sites for hydroxylation is 1. The monoisotopic (exact) mass is 281 g/mol. The maximum absolute atomic E-state index is 12.2. The van der Waals surface area contributed by atoms with Crippen molar-refractivity contribution in [3.05, 3.63) is 63.0 Å². The predicted molar refractivity (Wildman–Crippen MR) is 78.9 cm³/mol. The van der Waals surface area contributed by atoms with E-state index in [1.807, 2.05) is 37.3 Å². The molecule has 0 bridgehead atoms. The maximum atomic E-state index is 12.2. The molecule has 98 valence electrons. The Bertz CT molecular complexity index is 853. The lowest BCUT2D eigenvalue weighted by molar-refractivity contribution is 0.724. The molecular weight excluding hydrogens is 270 g/mol. The number of pyridine rings is 1. The van der Waals surface area contributed by atoms with Crippen LogP contribution < -0.4 is 5.56 Å². The van der Waals surface area contributed by atoms with Crippen LogP contribution in [0.15, 0.2) is 41.2 Å². The smallest absolute Gasteiger partial charge is 0.269 e. The molecule has 2 aromatic heterocycles. The molecule has 0 saturated heterocycles. The normalized spacial score (nSPS) is 10.6. The van der Waals surface area contributed by atoms with Gasteiger partial charge in [-0.25, -0.2) is 4.98 Å². The van der Waals surface area contributed by atoms with E-state index in [4.69, 9.17) is 5.26 Å². The average Bonchev–Trinajstić information content (AvgIpc) is 2.86. The van der Waals surface area contributed by atoms with Crippen molar-refractivity contribution in [2.75, 3.05) is 0 Å². The molecule has 0 atom stereocenters. The molecule has 0 radical (unpaired) electrons. The summed E-state index contributed by atoms with van der Waals surface area (Å²) < 4.78 is 2.70. The van der Waals surface area contributed by atoms with Gasteiger partial charge < -0.3 is 4.57 Å². The minimum Gasteiger partial charge on any atom is -0.305 e. The van der Waals surface area contributed by atoms with Gasteiger partial charge in [0.2, 0.25) is 0 Å². The number of nitriles is 1. The Kier molecular flexibility index (Phi) is 3.09. The van der Waals surface area contributed by atoms with Crippen LogP contribution in [0.5, 0.6) is 0 Å². The van der Waals surface area contributed by atoms with Gasteiger partial charge in [-0.2, -0.15) is 5.26 Å². The first kappa shape index (κ1) is 12.6. The molecule has 0 unspecified atom stereocenters. The quantitative estimate of drug-likeness (QED) is 0.725. The zero-order valence-electron chi connectivity index (χ0n) is 10.8. The molecule has 2 heterocycles. The molecule has 0 saturated carbocycles. The largest absolute Gasteiger partial charge is 0.305 e. The molecule has 0 aliphatic heterocycles. The van der Waals surface area contributed by atoms with Crippen LogP contribution >= 0.6 is 11.3 Å². The Balaban J connectivity index is 2.07. The van der Waals surface area contributed by atoms with E-state index >= 15 is 0 Å². The van der Waals surface area contributed by atoms with Crippen LogP contribution in [0.3, 0.4) is 0 Å². The zero-order chi connectivity index (χ0) is 14.1. The number of thiazole rings is 1. The number of para-hydroxylation sites is 1. The SMILES string of the molecule is Cc1ccc(C#N)c(=O)n1Cc1nc2ccccc2s1. The second kappa shape index (κ2) is 4.91. The number of nitrogens with zero attached hydrogens (tertiary/aromatic N) is 3. The average molecular weight is 281 g/mol. The Morgan fingerprint density at radius 2 is 2.10 bits per heavy atom. The lowest BCUT2D eigenvalue weighted by Gasteiger charge is -2.07. The van der Waals surface area contributed by atoms with Crippen molar-refractivity contribution >= 4 is 21.6 Å². The Morgan fingerprint density at radius 1 is 1.30 bits per heavy atom. The van der Waals surface area contributed by atoms with Crippen molar-refractivity contribution in [1.82, 2.24) is 9.55 Å². The third kappa shape index (κ3) is 2.10. The van der Waals surface area contributed by atoms with Crippen LogP contribution in [0.25, 0.3) is 10.2 Å². The van der Waals surface area contributed by atoms with Crippen LogP contribution in [-0.4, -0.2) is 9.55 Å². The summed E-state index contributed by atoms with van der Waals surface area (Å²) in [6, 6.07) is 13.2. The van der Waals surface area contributed by atoms with E-state index < -0.39 is 0 Å². The van der Waals surface area contributed by atoms with Crippen LogP contribution in [0.4, 0.5) is 0 Å². The summed E-state index contributed by atoms with van der Waals surface area (Å²) in [6.45, 7) is 2.26. The molecule has 20 heavy (non-hydrogen) atoms. The highest BCUT2D eigenvalue weighted by atomic mass is 32.1. The van der Waals surface area contributed by atoms with Crippen LogP contribution in [-0.2, 0) is 6.54 Å². The van der Waals surface area contributed by atoms with Crippen molar-refractivity contribution < 1.29 is 0 Å². The molecule has 0 N–H and O–H groups in total. The summed E-state index contributed by atoms with van der Waals surface area (Å²) in [4.78, 5) is 16.7. The predicted octanol–water partition coefficient (Wildman–Crippen LogP) is 2.69. The molecule has 3 rings (SSSR count). The van der Waals surface area contributed by atoms with Gasteiger partial charge in [0.1, 0.15) is 16.6 Å². The molecule has 0 amide bonds. The number of aromatic nitrogens is 2. The standard InChI is InChI=1S/C15H11N3OS/c1-10-6-7-11(8-16)15(19)18(10)9-14-17-12-4-2-3-5-13(12)20-14/h2-7H,9H2,1H3. The van der Waals surface area contributed by atoms with Crippen molar-refractivity contribution in [1.29, 1.82) is 5.26 Å². The highest BCUT2D eigenvalue weighted by molar-refractivity contribution is 7.18. The minimum atomic E-state index is -0.258. The molecule has 1 aromatic carbocycles. The number of rotatable bonds is 2. The molecule has 0 fully saturated rings. The highest BCUT2D eigenvalue weighted by Gasteiger charge is 2.09. The van der Waals surface area contributed by atoms with Crippen LogP contribution in [0.2, 0.25) is 0 Å². The van der Waals surface area contributed by atoms with Gasteiger partial charge in [0.05, 0.1) is 16.8 Å². The van der Waals surface area contributed by atoms with Gasteiger partial charge in [0.15, 0.2) is 0 Å². The zero-order valence-corrected chi connectivity index (χ0v) is 11.6. The van der Waals surface area contributed by atoms with Crippen molar-refractivity contribution in [3.63, 3.8) is 0 Å². The van der Waals surface area contributed by atoms with E-state index in [0.29, 0.717) is 6.54 Å². The molecule has 5 heteroatoms. The van der Waals surface area contributed by atoms with Gasteiger partial charge in [0.25, 0.3) is 5.56 Å². The fourth-order valence-corrected chi connectivity index (χ4v) is 3.03. The van der Waals surface area contributed by atoms with E-state index in [9.17, 15) is 4.79 Å². The summed E-state index contributed by atoms with van der Waals surface area (Å²) in [5.41, 5.74) is 1.67. The maximum Gasteiger partial charge on any atom is 0.269 e. The van der Waals surface area contributed by atoms with E-state index in [2.05, 4.69) is 4.98 Å². The van der Waals surface area contributed by atoms with Crippen LogP contribution in [0, 0.1) is 18.3 Å². The molecule has 4 nitrogen and oxygen atoms in total. The van der Waals surface area contributed by atoms with E-state index in [1.165, 1.54) is 0 Å². The highest BCUT2D eigenvalue weighted by Crippen LogP contribution is 2.22. The lowest BCUT2D eigenvalue weighted by Crippen LogP contribution is -2.24. The molecule has 0 aliphatic carbocycles. The minimum absolute atomic E-state index is 0.164. The summed E-state index contributed by atoms with van der Waals surface area (Å²) in [6.07, 6.45) is 0. The van der Waals surface area contributed by atoms with Crippen molar-refractivity contribution in [3.8, 4) is 6.07 Å². The third-order valence-corrected chi connectivity index (χ3v) is 4.17. The van der Waals surface area contributed by atoms with Crippen molar-refractivity contribution in [2.24, 2.45) is 0 Å². The number of hydrogen-bond acceptors (Lipinski definition) is 4. The van der Waals surface area contributed by atoms with Gasteiger partial charge in [-0.3, -0.25) is 4.79 Å². The van der Waals surface area contributed by atoms with Gasteiger partial charge in [0, 0.05) is 5.69 Å². The van der Waals surface area contributed by atoms with Crippen molar-refractivity contribution in [2.45, 2.75) is 13.5 Å². The van der Waals surface area contributed by atoms with Crippen LogP contribution in [0.1, 0.15) is 16.3 Å². The van der Waals surface area contributed by atoms with E-state index in [1.54, 1.807) is 28.0 Å². The summed E-state index contributed by atoms with van der Waals surface area (Å²) in [5, 5.41) is 9.80. The summed E-state index contributed by atoms with van der Waals surface area (Å²) in [5.74, 6) is 0. The fraction of sp³-hybridized carbons (Fsp3) is 0.133. The van der Waals surface area contributed by atoms with E-state index in [-0.39, 0.29) is 11.1 Å². The number of fused-ring (bicyclic) bond motifs is 1. The third-order valence-electron chi connectivity index (χ3n) is 3.14. The summed E-state index contributed by atoms with van der Waals surface area (Å²) in [7, 11) is 0.